The first-order valence-electron chi connectivity index (χ1n) is 9.50. The Kier molecular flexibility index (Phi) is 4.82. The number of nitrogens with two attached hydrogens (primary N) is 1. The highest BCUT2D eigenvalue weighted by Crippen LogP contribution is 2.47. The van der Waals surface area contributed by atoms with Gasteiger partial charge >= 0.3 is 0 Å². The van der Waals surface area contributed by atoms with E-state index in [2.05, 4.69) is 74.2 Å². The van der Waals surface area contributed by atoms with Gasteiger partial charge in [-0.05, 0) is 50.7 Å². The SMILES string of the molecule is CCCC(CC)c1ccc(C2(C)Nc3c(N)ncnc3OC2(C)C)cc1. The van der Waals surface area contributed by atoms with Crippen LogP contribution < -0.4 is 15.8 Å². The summed E-state index contributed by atoms with van der Waals surface area (Å²) in [5, 5.41) is 3.56. The number of anilines is 2. The molecule has 0 saturated heterocycles. The molecule has 2 heterocycles. The molecule has 2 unspecified atom stereocenters. The second-order valence-corrected chi connectivity index (χ2v) is 7.82. The zero-order chi connectivity index (χ0) is 18.9. The molecule has 2 aromatic rings. The van der Waals surface area contributed by atoms with Crippen molar-refractivity contribution in [2.45, 2.75) is 70.9 Å². The first-order chi connectivity index (χ1) is 12.3. The summed E-state index contributed by atoms with van der Waals surface area (Å²) in [6.45, 7) is 10.8. The van der Waals surface area contributed by atoms with Crippen molar-refractivity contribution >= 4 is 11.5 Å². The van der Waals surface area contributed by atoms with E-state index in [9.17, 15) is 0 Å². The van der Waals surface area contributed by atoms with Gasteiger partial charge in [-0.2, -0.15) is 4.98 Å². The van der Waals surface area contributed by atoms with Gasteiger partial charge in [-0.15, -0.1) is 0 Å². The minimum Gasteiger partial charge on any atom is -0.467 e. The summed E-state index contributed by atoms with van der Waals surface area (Å²) in [5.41, 5.74) is 8.32. The fourth-order valence-electron chi connectivity index (χ4n) is 3.78. The summed E-state index contributed by atoms with van der Waals surface area (Å²) in [6, 6.07) is 8.92. The lowest BCUT2D eigenvalue weighted by Crippen LogP contribution is -2.57. The highest BCUT2D eigenvalue weighted by Gasteiger charge is 2.49. The van der Waals surface area contributed by atoms with Crippen LogP contribution in [0.2, 0.25) is 0 Å². The van der Waals surface area contributed by atoms with Crippen LogP contribution in [0.1, 0.15) is 70.9 Å². The summed E-state index contributed by atoms with van der Waals surface area (Å²) in [4.78, 5) is 8.32. The quantitative estimate of drug-likeness (QED) is 0.803. The van der Waals surface area contributed by atoms with Crippen LogP contribution >= 0.6 is 0 Å². The summed E-state index contributed by atoms with van der Waals surface area (Å²) in [6.07, 6.45) is 5.03. The highest BCUT2D eigenvalue weighted by atomic mass is 16.5. The standard InChI is InChI=1S/C21H30N4O/c1-6-8-14(7-2)15-9-11-16(12-10-15)21(5)20(3,4)26-19-17(25-21)18(22)23-13-24-19/h9-14,25H,6-8H2,1-5H3,(H2,22,23,24). The molecular weight excluding hydrogens is 324 g/mol. The molecule has 2 atom stereocenters. The van der Waals surface area contributed by atoms with Crippen molar-refractivity contribution in [3.8, 4) is 5.88 Å². The molecule has 1 aliphatic heterocycles. The van der Waals surface area contributed by atoms with Gasteiger partial charge in [-0.3, -0.25) is 0 Å². The van der Waals surface area contributed by atoms with E-state index in [1.165, 1.54) is 31.2 Å². The normalized spacial score (nSPS) is 22.0. The number of benzene rings is 1. The van der Waals surface area contributed by atoms with Gasteiger partial charge in [0.1, 0.15) is 17.6 Å². The molecule has 5 heteroatoms. The van der Waals surface area contributed by atoms with Crippen LogP contribution in [-0.2, 0) is 5.54 Å². The molecule has 0 fully saturated rings. The van der Waals surface area contributed by atoms with E-state index in [1.54, 1.807) is 0 Å². The molecule has 0 amide bonds. The second-order valence-electron chi connectivity index (χ2n) is 7.82. The Bertz CT molecular complexity index is 772. The van der Waals surface area contributed by atoms with Crippen LogP contribution in [0.15, 0.2) is 30.6 Å². The van der Waals surface area contributed by atoms with E-state index in [0.29, 0.717) is 23.3 Å². The molecule has 0 spiro atoms. The maximum Gasteiger partial charge on any atom is 0.243 e. The predicted octanol–water partition coefficient (Wildman–Crippen LogP) is 4.85. The summed E-state index contributed by atoms with van der Waals surface area (Å²) >= 11 is 0. The maximum atomic E-state index is 6.21. The Hall–Kier alpha value is -2.30. The van der Waals surface area contributed by atoms with Gasteiger partial charge in [0, 0.05) is 0 Å². The Morgan fingerprint density at radius 1 is 1.12 bits per heavy atom. The molecule has 0 radical (unpaired) electrons. The number of nitrogen functional groups attached to an aromatic ring is 1. The van der Waals surface area contributed by atoms with Gasteiger partial charge in [0.25, 0.3) is 0 Å². The maximum absolute atomic E-state index is 6.21. The van der Waals surface area contributed by atoms with Crippen molar-refractivity contribution in [2.24, 2.45) is 0 Å². The monoisotopic (exact) mass is 354 g/mol. The van der Waals surface area contributed by atoms with Crippen LogP contribution in [0, 0.1) is 0 Å². The average molecular weight is 354 g/mol. The fourth-order valence-corrected chi connectivity index (χ4v) is 3.78. The number of rotatable bonds is 5. The molecule has 1 aromatic carbocycles. The summed E-state index contributed by atoms with van der Waals surface area (Å²) in [7, 11) is 0. The highest BCUT2D eigenvalue weighted by molar-refractivity contribution is 5.71. The van der Waals surface area contributed by atoms with Gasteiger partial charge in [0.15, 0.2) is 5.82 Å². The lowest BCUT2D eigenvalue weighted by Gasteiger charge is -2.49. The third kappa shape index (κ3) is 3.00. The molecule has 1 aliphatic rings. The second kappa shape index (κ2) is 6.78. The lowest BCUT2D eigenvalue weighted by atomic mass is 9.76. The first kappa shape index (κ1) is 18.5. The smallest absolute Gasteiger partial charge is 0.243 e. The number of fused-ring (bicyclic) bond motifs is 1. The molecule has 26 heavy (non-hydrogen) atoms. The predicted molar refractivity (Wildman–Crippen MR) is 107 cm³/mol. The van der Waals surface area contributed by atoms with Crippen LogP contribution in [0.25, 0.3) is 0 Å². The van der Waals surface area contributed by atoms with Crippen molar-refractivity contribution in [1.29, 1.82) is 0 Å². The Labute approximate surface area is 156 Å². The largest absolute Gasteiger partial charge is 0.467 e. The van der Waals surface area contributed by atoms with Gasteiger partial charge in [-0.25, -0.2) is 4.98 Å². The van der Waals surface area contributed by atoms with E-state index >= 15 is 0 Å². The number of nitrogens with zero attached hydrogens (tertiary/aromatic N) is 2. The Balaban J connectivity index is 1.98. The summed E-state index contributed by atoms with van der Waals surface area (Å²) < 4.78 is 6.21. The number of nitrogens with one attached hydrogen (secondary N) is 1. The number of ether oxygens (including phenoxy) is 1. The third-order valence-electron chi connectivity index (χ3n) is 5.86. The van der Waals surface area contributed by atoms with Gasteiger partial charge in [0.2, 0.25) is 5.88 Å². The molecule has 0 aliphatic carbocycles. The van der Waals surface area contributed by atoms with Crippen LogP contribution in [-0.4, -0.2) is 15.6 Å². The topological polar surface area (TPSA) is 73.1 Å². The minimum atomic E-state index is -0.504. The van der Waals surface area contributed by atoms with E-state index in [0.717, 1.165) is 5.56 Å². The lowest BCUT2D eigenvalue weighted by molar-refractivity contribution is 0.0257. The molecule has 1 aromatic heterocycles. The van der Waals surface area contributed by atoms with E-state index in [1.807, 2.05) is 0 Å². The van der Waals surface area contributed by atoms with Crippen molar-refractivity contribution in [3.05, 3.63) is 41.7 Å². The number of aromatic nitrogens is 2. The molecular formula is C21H30N4O. The fraction of sp³-hybridized carbons (Fsp3) is 0.524. The van der Waals surface area contributed by atoms with E-state index < -0.39 is 11.1 Å². The van der Waals surface area contributed by atoms with Crippen LogP contribution in [0.3, 0.4) is 0 Å². The minimum absolute atomic E-state index is 0.405. The Morgan fingerprint density at radius 3 is 2.42 bits per heavy atom. The molecule has 0 bridgehead atoms. The van der Waals surface area contributed by atoms with Crippen molar-refractivity contribution in [1.82, 2.24) is 9.97 Å². The first-order valence-corrected chi connectivity index (χ1v) is 9.50. The average Bonchev–Trinajstić information content (AvgIpc) is 2.61. The third-order valence-corrected chi connectivity index (χ3v) is 5.86. The molecule has 3 rings (SSSR count). The molecule has 3 N–H and O–H groups in total. The number of hydrogen-bond donors (Lipinski definition) is 2. The van der Waals surface area contributed by atoms with Gasteiger partial charge < -0.3 is 15.8 Å². The summed E-state index contributed by atoms with van der Waals surface area (Å²) in [5.74, 6) is 1.53. The molecule has 0 saturated carbocycles. The zero-order valence-electron chi connectivity index (χ0n) is 16.5. The van der Waals surface area contributed by atoms with Crippen molar-refractivity contribution < 1.29 is 4.74 Å². The van der Waals surface area contributed by atoms with Crippen molar-refractivity contribution in [3.63, 3.8) is 0 Å². The molecule has 140 valence electrons. The molecule has 5 nitrogen and oxygen atoms in total. The van der Waals surface area contributed by atoms with Crippen molar-refractivity contribution in [2.75, 3.05) is 11.1 Å². The van der Waals surface area contributed by atoms with Gasteiger partial charge in [0.05, 0.1) is 5.54 Å². The van der Waals surface area contributed by atoms with Gasteiger partial charge in [-0.1, -0.05) is 44.5 Å². The Morgan fingerprint density at radius 2 is 1.81 bits per heavy atom. The van der Waals surface area contributed by atoms with E-state index in [4.69, 9.17) is 10.5 Å². The van der Waals surface area contributed by atoms with E-state index in [-0.39, 0.29) is 0 Å². The number of hydrogen-bond acceptors (Lipinski definition) is 5. The van der Waals surface area contributed by atoms with Crippen LogP contribution in [0.5, 0.6) is 5.88 Å². The zero-order valence-corrected chi connectivity index (χ0v) is 16.5. The van der Waals surface area contributed by atoms with Crippen LogP contribution in [0.4, 0.5) is 11.5 Å².